The van der Waals surface area contributed by atoms with Crippen LogP contribution in [0.25, 0.3) is 0 Å². The van der Waals surface area contributed by atoms with Crippen LogP contribution in [0.15, 0.2) is 0 Å². The van der Waals surface area contributed by atoms with Crippen molar-refractivity contribution in [3.8, 4) is 0 Å². The fraction of sp³-hybridized carbons (Fsp3) is 1.00. The van der Waals surface area contributed by atoms with E-state index in [9.17, 15) is 5.11 Å². The maximum Gasteiger partial charge on any atom is 0.0514 e. The Hall–Kier alpha value is -0.0400. The monoisotopic (exact) mass is 186 g/mol. The third-order valence-electron chi connectivity index (χ3n) is 2.37. The standard InChI is InChI=1S/C12H26O/c1-10(9-11(2)13)7-6-8-12(3,4)5/h10-11,13H,6-9H2,1-5H3/t10-,11?/m0/s1. The molecule has 0 fully saturated rings. The molecule has 0 aromatic carbocycles. The van der Waals surface area contributed by atoms with Crippen LogP contribution in [-0.4, -0.2) is 11.2 Å². The summed E-state index contributed by atoms with van der Waals surface area (Å²) in [5, 5.41) is 9.18. The molecule has 1 heteroatoms. The summed E-state index contributed by atoms with van der Waals surface area (Å²) < 4.78 is 0. The van der Waals surface area contributed by atoms with Gasteiger partial charge in [0.2, 0.25) is 0 Å². The van der Waals surface area contributed by atoms with Crippen molar-refractivity contribution in [3.63, 3.8) is 0 Å². The minimum Gasteiger partial charge on any atom is -0.393 e. The number of rotatable bonds is 5. The van der Waals surface area contributed by atoms with Crippen LogP contribution in [-0.2, 0) is 0 Å². The Morgan fingerprint density at radius 2 is 1.69 bits per heavy atom. The van der Waals surface area contributed by atoms with Gasteiger partial charge in [-0.05, 0) is 31.1 Å². The normalized spacial score (nSPS) is 17.1. The zero-order valence-electron chi connectivity index (χ0n) is 9.93. The first-order valence-electron chi connectivity index (χ1n) is 5.49. The molecular formula is C12H26O. The average Bonchev–Trinajstić information content (AvgIpc) is 1.81. The van der Waals surface area contributed by atoms with E-state index in [1.165, 1.54) is 19.3 Å². The van der Waals surface area contributed by atoms with Crippen LogP contribution < -0.4 is 0 Å². The first-order chi connectivity index (χ1) is 5.81. The molecule has 0 rings (SSSR count). The van der Waals surface area contributed by atoms with Crippen LogP contribution >= 0.6 is 0 Å². The minimum atomic E-state index is -0.135. The van der Waals surface area contributed by atoms with Crippen LogP contribution in [0.5, 0.6) is 0 Å². The number of aliphatic hydroxyl groups is 1. The zero-order chi connectivity index (χ0) is 10.5. The second-order valence-corrected chi connectivity index (χ2v) is 5.64. The predicted molar refractivity (Wildman–Crippen MR) is 58.8 cm³/mol. The van der Waals surface area contributed by atoms with E-state index in [4.69, 9.17) is 0 Å². The van der Waals surface area contributed by atoms with Crippen molar-refractivity contribution in [1.29, 1.82) is 0 Å². The fourth-order valence-corrected chi connectivity index (χ4v) is 1.68. The van der Waals surface area contributed by atoms with E-state index in [0.717, 1.165) is 6.42 Å². The lowest BCUT2D eigenvalue weighted by atomic mass is 9.87. The van der Waals surface area contributed by atoms with Gasteiger partial charge in [-0.3, -0.25) is 0 Å². The van der Waals surface area contributed by atoms with E-state index in [1.54, 1.807) is 0 Å². The van der Waals surface area contributed by atoms with Gasteiger partial charge < -0.3 is 5.11 Å². The molecule has 0 aromatic heterocycles. The van der Waals surface area contributed by atoms with E-state index < -0.39 is 0 Å². The van der Waals surface area contributed by atoms with Gasteiger partial charge in [0.15, 0.2) is 0 Å². The summed E-state index contributed by atoms with van der Waals surface area (Å²) >= 11 is 0. The second-order valence-electron chi connectivity index (χ2n) is 5.64. The summed E-state index contributed by atoms with van der Waals surface area (Å²) in [6.07, 6.45) is 4.64. The van der Waals surface area contributed by atoms with Gasteiger partial charge in [-0.1, -0.05) is 40.5 Å². The lowest BCUT2D eigenvalue weighted by Crippen LogP contribution is -2.09. The maximum absolute atomic E-state index is 9.18. The molecule has 1 unspecified atom stereocenters. The van der Waals surface area contributed by atoms with Crippen LogP contribution in [0, 0.1) is 11.3 Å². The van der Waals surface area contributed by atoms with E-state index in [2.05, 4.69) is 27.7 Å². The molecule has 1 N–H and O–H groups in total. The topological polar surface area (TPSA) is 20.2 Å². The van der Waals surface area contributed by atoms with Crippen LogP contribution in [0.3, 0.4) is 0 Å². The smallest absolute Gasteiger partial charge is 0.0514 e. The Bertz CT molecular complexity index is 122. The van der Waals surface area contributed by atoms with Gasteiger partial charge in [0, 0.05) is 0 Å². The van der Waals surface area contributed by atoms with Gasteiger partial charge in [-0.2, -0.15) is 0 Å². The van der Waals surface area contributed by atoms with E-state index in [0.29, 0.717) is 11.3 Å². The van der Waals surface area contributed by atoms with Crippen LogP contribution in [0.1, 0.15) is 60.3 Å². The minimum absolute atomic E-state index is 0.135. The van der Waals surface area contributed by atoms with E-state index in [-0.39, 0.29) is 6.10 Å². The molecule has 0 heterocycles. The predicted octanol–water partition coefficient (Wildman–Crippen LogP) is 3.61. The molecule has 0 aromatic rings. The summed E-state index contributed by atoms with van der Waals surface area (Å²) in [6.45, 7) is 11.0. The van der Waals surface area contributed by atoms with Crippen LogP contribution in [0.4, 0.5) is 0 Å². The molecule has 13 heavy (non-hydrogen) atoms. The largest absolute Gasteiger partial charge is 0.393 e. The Morgan fingerprint density at radius 3 is 2.08 bits per heavy atom. The molecule has 0 radical (unpaired) electrons. The highest BCUT2D eigenvalue weighted by Crippen LogP contribution is 2.24. The quantitative estimate of drug-likeness (QED) is 0.695. The molecule has 0 aliphatic heterocycles. The average molecular weight is 186 g/mol. The van der Waals surface area contributed by atoms with Crippen molar-refractivity contribution >= 4 is 0 Å². The molecule has 0 spiro atoms. The van der Waals surface area contributed by atoms with Crippen molar-refractivity contribution < 1.29 is 5.11 Å². The molecule has 0 aliphatic carbocycles. The summed E-state index contributed by atoms with van der Waals surface area (Å²) in [5.41, 5.74) is 0.463. The van der Waals surface area contributed by atoms with Crippen molar-refractivity contribution in [2.45, 2.75) is 66.4 Å². The molecular weight excluding hydrogens is 160 g/mol. The molecule has 0 bridgehead atoms. The molecule has 0 saturated carbocycles. The molecule has 1 nitrogen and oxygen atoms in total. The number of hydrogen-bond acceptors (Lipinski definition) is 1. The summed E-state index contributed by atoms with van der Waals surface area (Å²) in [6, 6.07) is 0. The van der Waals surface area contributed by atoms with Crippen molar-refractivity contribution in [2.75, 3.05) is 0 Å². The number of hydrogen-bond donors (Lipinski definition) is 1. The van der Waals surface area contributed by atoms with Crippen LogP contribution in [0.2, 0.25) is 0 Å². The third-order valence-corrected chi connectivity index (χ3v) is 2.37. The Balaban J connectivity index is 3.42. The molecule has 0 saturated heterocycles. The van der Waals surface area contributed by atoms with Gasteiger partial charge >= 0.3 is 0 Å². The highest BCUT2D eigenvalue weighted by molar-refractivity contribution is 4.64. The Kier molecular flexibility index (Phi) is 5.62. The summed E-state index contributed by atoms with van der Waals surface area (Å²) in [5.74, 6) is 0.669. The van der Waals surface area contributed by atoms with Gasteiger partial charge in [0.25, 0.3) is 0 Å². The highest BCUT2D eigenvalue weighted by Gasteiger charge is 2.11. The molecule has 0 amide bonds. The Morgan fingerprint density at radius 1 is 1.15 bits per heavy atom. The summed E-state index contributed by atoms with van der Waals surface area (Å²) in [4.78, 5) is 0. The van der Waals surface area contributed by atoms with E-state index in [1.807, 2.05) is 6.92 Å². The maximum atomic E-state index is 9.18. The highest BCUT2D eigenvalue weighted by atomic mass is 16.3. The van der Waals surface area contributed by atoms with Gasteiger partial charge in [0.1, 0.15) is 0 Å². The van der Waals surface area contributed by atoms with Gasteiger partial charge in [-0.15, -0.1) is 0 Å². The summed E-state index contributed by atoms with van der Waals surface area (Å²) in [7, 11) is 0. The first kappa shape index (κ1) is 13.0. The number of aliphatic hydroxyl groups excluding tert-OH is 1. The van der Waals surface area contributed by atoms with Gasteiger partial charge in [0.05, 0.1) is 6.10 Å². The zero-order valence-corrected chi connectivity index (χ0v) is 9.93. The first-order valence-corrected chi connectivity index (χ1v) is 5.49. The molecule has 80 valence electrons. The second kappa shape index (κ2) is 5.64. The van der Waals surface area contributed by atoms with E-state index >= 15 is 0 Å². The SMILES string of the molecule is CC(O)C[C@@H](C)CCCC(C)(C)C. The van der Waals surface area contributed by atoms with Gasteiger partial charge in [-0.25, -0.2) is 0 Å². The Labute approximate surface area is 83.5 Å². The molecule has 0 aliphatic rings. The van der Waals surface area contributed by atoms with Crippen molar-refractivity contribution in [1.82, 2.24) is 0 Å². The van der Waals surface area contributed by atoms with Crippen molar-refractivity contribution in [3.05, 3.63) is 0 Å². The lowest BCUT2D eigenvalue weighted by Gasteiger charge is -2.19. The fourth-order valence-electron chi connectivity index (χ4n) is 1.68. The lowest BCUT2D eigenvalue weighted by molar-refractivity contribution is 0.160. The molecule has 2 atom stereocenters. The third kappa shape index (κ3) is 9.88. The van der Waals surface area contributed by atoms with Crippen molar-refractivity contribution in [2.24, 2.45) is 11.3 Å².